The quantitative estimate of drug-likeness (QED) is 0.222. The van der Waals surface area contributed by atoms with Crippen LogP contribution >= 0.6 is 0 Å². The maximum atomic E-state index is 14.7. The molecule has 0 amide bonds. The molecule has 0 spiro atoms. The third-order valence-corrected chi connectivity index (χ3v) is 6.77. The zero-order valence-corrected chi connectivity index (χ0v) is 20.8. The molecule has 1 atom stereocenters. The van der Waals surface area contributed by atoms with Crippen LogP contribution in [0.4, 0.5) is 13.2 Å². The fourth-order valence-corrected chi connectivity index (χ4v) is 4.59. The van der Waals surface area contributed by atoms with E-state index in [0.717, 1.165) is 44.1 Å². The summed E-state index contributed by atoms with van der Waals surface area (Å²) in [4.78, 5) is 11.9. The minimum atomic E-state index is -1.54. The van der Waals surface area contributed by atoms with Crippen LogP contribution in [0.2, 0.25) is 0 Å². The first-order chi connectivity index (χ1) is 16.9. The Morgan fingerprint density at radius 2 is 1.60 bits per heavy atom. The second kappa shape index (κ2) is 13.6. The Morgan fingerprint density at radius 1 is 0.914 bits per heavy atom. The van der Waals surface area contributed by atoms with Gasteiger partial charge in [-0.3, -0.25) is 0 Å². The van der Waals surface area contributed by atoms with Crippen LogP contribution in [0, 0.1) is 11.6 Å². The molecule has 3 nitrogen and oxygen atoms in total. The van der Waals surface area contributed by atoms with E-state index in [1.165, 1.54) is 6.07 Å². The number of hydrogen-bond donors (Lipinski definition) is 0. The van der Waals surface area contributed by atoms with Crippen LogP contribution in [0.15, 0.2) is 36.4 Å². The van der Waals surface area contributed by atoms with Gasteiger partial charge in [0.2, 0.25) is 5.82 Å². The molecule has 0 N–H and O–H groups in total. The van der Waals surface area contributed by atoms with Crippen molar-refractivity contribution in [3.05, 3.63) is 53.6 Å². The molecule has 0 aliphatic heterocycles. The predicted octanol–water partition coefficient (Wildman–Crippen LogP) is 8.30. The van der Waals surface area contributed by atoms with Crippen molar-refractivity contribution in [3.63, 3.8) is 0 Å². The number of carbonyl (C=O) groups excluding carboxylic acids is 1. The van der Waals surface area contributed by atoms with Crippen LogP contribution in [0.3, 0.4) is 0 Å². The molecule has 1 aliphatic rings. The molecule has 0 bridgehead atoms. The molecule has 1 fully saturated rings. The molecule has 0 heterocycles. The number of halogens is 3. The summed E-state index contributed by atoms with van der Waals surface area (Å²) in [5.74, 6) is -2.36. The molecule has 35 heavy (non-hydrogen) atoms. The molecule has 0 saturated heterocycles. The van der Waals surface area contributed by atoms with Crippen LogP contribution < -0.4 is 4.74 Å². The molecular formula is C29H37F3O3. The molecule has 0 unspecified atom stereocenters. The topological polar surface area (TPSA) is 35.5 Å². The van der Waals surface area contributed by atoms with Gasteiger partial charge >= 0.3 is 5.97 Å². The van der Waals surface area contributed by atoms with Crippen molar-refractivity contribution in [2.24, 2.45) is 0 Å². The van der Waals surface area contributed by atoms with E-state index in [0.29, 0.717) is 37.4 Å². The molecule has 3 rings (SSSR count). The van der Waals surface area contributed by atoms with Crippen molar-refractivity contribution < 1.29 is 27.4 Å². The third-order valence-electron chi connectivity index (χ3n) is 6.77. The smallest absolute Gasteiger partial charge is 0.340 e. The second-order valence-corrected chi connectivity index (χ2v) is 9.44. The lowest BCUT2D eigenvalue weighted by molar-refractivity contribution is -0.157. The molecule has 2 aromatic rings. The van der Waals surface area contributed by atoms with E-state index in [1.54, 1.807) is 6.07 Å². The van der Waals surface area contributed by atoms with Crippen molar-refractivity contribution in [3.8, 4) is 16.9 Å². The Hall–Kier alpha value is -2.50. The summed E-state index contributed by atoms with van der Waals surface area (Å²) in [6, 6.07) is 10.6. The second-order valence-electron chi connectivity index (χ2n) is 9.44. The van der Waals surface area contributed by atoms with Gasteiger partial charge in [-0.25, -0.2) is 13.6 Å². The molecule has 0 radical (unpaired) electrons. The van der Waals surface area contributed by atoms with Crippen molar-refractivity contribution in [2.45, 2.75) is 96.2 Å². The van der Waals surface area contributed by atoms with Gasteiger partial charge in [0.15, 0.2) is 17.7 Å². The van der Waals surface area contributed by atoms with E-state index in [1.807, 2.05) is 31.2 Å². The Labute approximate surface area is 207 Å². The SMILES string of the molecule is CCCCCOc1ccc(-c2ccc([C@H]3CC[C@H](OC(=O)[C@@H](F)CCCC)CC3)cc2)c(F)c1F. The van der Waals surface area contributed by atoms with Crippen molar-refractivity contribution in [1.82, 2.24) is 0 Å². The molecule has 2 aromatic carbocycles. The number of alkyl halides is 1. The average Bonchev–Trinajstić information content (AvgIpc) is 2.88. The molecule has 0 aromatic heterocycles. The maximum absolute atomic E-state index is 14.7. The Kier molecular flexibility index (Phi) is 10.5. The molecule has 1 saturated carbocycles. The lowest BCUT2D eigenvalue weighted by atomic mass is 9.82. The van der Waals surface area contributed by atoms with Gasteiger partial charge in [0, 0.05) is 5.56 Å². The minimum absolute atomic E-state index is 0.0547. The zero-order chi connectivity index (χ0) is 25.2. The largest absolute Gasteiger partial charge is 0.490 e. The third kappa shape index (κ3) is 7.49. The highest BCUT2D eigenvalue weighted by atomic mass is 19.2. The maximum Gasteiger partial charge on any atom is 0.340 e. The Balaban J connectivity index is 1.55. The van der Waals surface area contributed by atoms with Gasteiger partial charge in [-0.05, 0) is 67.7 Å². The van der Waals surface area contributed by atoms with Crippen LogP contribution in [0.25, 0.3) is 11.1 Å². The minimum Gasteiger partial charge on any atom is -0.490 e. The first-order valence-electron chi connectivity index (χ1n) is 13.0. The number of ether oxygens (including phenoxy) is 2. The van der Waals surface area contributed by atoms with Crippen LogP contribution in [-0.4, -0.2) is 24.9 Å². The van der Waals surface area contributed by atoms with Gasteiger partial charge in [0.25, 0.3) is 0 Å². The van der Waals surface area contributed by atoms with Crippen LogP contribution in [0.5, 0.6) is 5.75 Å². The fraction of sp³-hybridized carbons (Fsp3) is 0.552. The van der Waals surface area contributed by atoms with Crippen molar-refractivity contribution in [1.29, 1.82) is 0 Å². The highest BCUT2D eigenvalue weighted by molar-refractivity contribution is 5.74. The number of hydrogen-bond acceptors (Lipinski definition) is 3. The first-order valence-corrected chi connectivity index (χ1v) is 13.0. The molecule has 6 heteroatoms. The lowest BCUT2D eigenvalue weighted by Gasteiger charge is -2.29. The van der Waals surface area contributed by atoms with E-state index >= 15 is 0 Å². The van der Waals surface area contributed by atoms with Gasteiger partial charge in [-0.15, -0.1) is 0 Å². The standard InChI is InChI=1S/C29H37F3O3/c1-3-5-7-19-34-26-18-17-24(27(31)28(26)32)22-11-9-20(10-12-22)21-13-15-23(16-14-21)35-29(33)25(30)8-6-4-2/h9-12,17-18,21,23,25H,3-8,13-16,19H2,1-2H3/t21-,23-,25-/m0/s1. The van der Waals surface area contributed by atoms with E-state index in [2.05, 4.69) is 6.92 Å². The lowest BCUT2D eigenvalue weighted by Crippen LogP contribution is -2.28. The van der Waals surface area contributed by atoms with E-state index in [9.17, 15) is 18.0 Å². The summed E-state index contributed by atoms with van der Waals surface area (Å²) >= 11 is 0. The van der Waals surface area contributed by atoms with Crippen LogP contribution in [0.1, 0.15) is 89.5 Å². The summed E-state index contributed by atoms with van der Waals surface area (Å²) < 4.78 is 53.9. The summed E-state index contributed by atoms with van der Waals surface area (Å²) in [7, 11) is 0. The van der Waals surface area contributed by atoms with E-state index in [-0.39, 0.29) is 23.8 Å². The van der Waals surface area contributed by atoms with Gasteiger partial charge in [0.05, 0.1) is 6.61 Å². The normalized spacial score (nSPS) is 18.8. The number of benzene rings is 2. The van der Waals surface area contributed by atoms with Crippen molar-refractivity contribution in [2.75, 3.05) is 6.61 Å². The number of carbonyl (C=O) groups is 1. The summed E-state index contributed by atoms with van der Waals surface area (Å²) in [5, 5.41) is 0. The van der Waals surface area contributed by atoms with Crippen LogP contribution in [-0.2, 0) is 9.53 Å². The Morgan fingerprint density at radius 3 is 2.26 bits per heavy atom. The predicted molar refractivity (Wildman–Crippen MR) is 132 cm³/mol. The fourth-order valence-electron chi connectivity index (χ4n) is 4.59. The van der Waals surface area contributed by atoms with Gasteiger partial charge in [-0.2, -0.15) is 4.39 Å². The Bertz CT molecular complexity index is 937. The monoisotopic (exact) mass is 490 g/mol. The van der Waals surface area contributed by atoms with Crippen molar-refractivity contribution >= 4 is 5.97 Å². The number of esters is 1. The molecule has 1 aliphatic carbocycles. The first kappa shape index (κ1) is 27.1. The number of unbranched alkanes of at least 4 members (excludes halogenated alkanes) is 3. The molecule has 192 valence electrons. The van der Waals surface area contributed by atoms with E-state index in [4.69, 9.17) is 9.47 Å². The van der Waals surface area contributed by atoms with E-state index < -0.39 is 23.8 Å². The summed E-state index contributed by atoms with van der Waals surface area (Å²) in [6.45, 7) is 4.40. The summed E-state index contributed by atoms with van der Waals surface area (Å²) in [6.07, 6.45) is 5.83. The zero-order valence-electron chi connectivity index (χ0n) is 20.8. The molecular weight excluding hydrogens is 453 g/mol. The average molecular weight is 491 g/mol. The summed E-state index contributed by atoms with van der Waals surface area (Å²) in [5.41, 5.74) is 1.92. The van der Waals surface area contributed by atoms with Gasteiger partial charge < -0.3 is 9.47 Å². The number of rotatable bonds is 12. The van der Waals surface area contributed by atoms with Gasteiger partial charge in [-0.1, -0.05) is 63.8 Å². The highest BCUT2D eigenvalue weighted by Crippen LogP contribution is 2.36. The highest BCUT2D eigenvalue weighted by Gasteiger charge is 2.28. The van der Waals surface area contributed by atoms with Gasteiger partial charge in [0.1, 0.15) is 6.10 Å².